The number of rotatable bonds is 8. The van der Waals surface area contributed by atoms with Crippen molar-refractivity contribution in [1.82, 2.24) is 19.5 Å². The zero-order valence-corrected chi connectivity index (χ0v) is 19.9. The van der Waals surface area contributed by atoms with Crippen LogP contribution in [0.1, 0.15) is 19.1 Å². The summed E-state index contributed by atoms with van der Waals surface area (Å²) >= 11 is 0. The molecule has 2 aromatic heterocycles. The van der Waals surface area contributed by atoms with Gasteiger partial charge < -0.3 is 34.6 Å². The molecule has 5 N–H and O–H groups in total. The topological polar surface area (TPSA) is 241 Å². The second kappa shape index (κ2) is 9.69. The van der Waals surface area contributed by atoms with Gasteiger partial charge in [0.25, 0.3) is 7.82 Å². The normalized spacial score (nSPS) is 23.6. The molecule has 0 amide bonds. The number of ether oxygens (including phenoxy) is 1. The number of imidazole rings is 1. The van der Waals surface area contributed by atoms with E-state index in [-0.39, 0.29) is 35.4 Å². The van der Waals surface area contributed by atoms with Crippen LogP contribution in [0.4, 0.5) is 5.82 Å². The number of phosphoric ester groups is 1. The van der Waals surface area contributed by atoms with Gasteiger partial charge in [-0.25, -0.2) is 28.4 Å². The average Bonchev–Trinajstić information content (AvgIpc) is 3.16. The minimum absolute atomic E-state index is 0. The molecule has 2 aromatic rings. The summed E-state index contributed by atoms with van der Waals surface area (Å²) in [4.78, 5) is 49.6. The fourth-order valence-electron chi connectivity index (χ4n) is 2.57. The predicted octanol–water partition coefficient (Wildman–Crippen LogP) is -3.20. The first kappa shape index (κ1) is 26.0. The maximum Gasteiger partial charge on any atom is 1.00 e. The van der Waals surface area contributed by atoms with Crippen LogP contribution in [0.2, 0.25) is 0 Å². The molecule has 3 rings (SSSR count). The monoisotopic (exact) mass is 497 g/mol. The molecule has 1 saturated heterocycles. The Morgan fingerprint density at radius 1 is 1.20 bits per heavy atom. The number of aromatic nitrogens is 4. The van der Waals surface area contributed by atoms with Crippen LogP contribution in [0.25, 0.3) is 11.2 Å². The summed E-state index contributed by atoms with van der Waals surface area (Å²) in [6.45, 7) is -0.586. The van der Waals surface area contributed by atoms with E-state index in [1.54, 1.807) is 4.57 Å². The number of nitrogens with two attached hydrogens (primary N) is 1. The Hall–Kier alpha value is -0.280. The SMILES string of the molecule is Nc1ncnc2c1ncn2[C@H]1CC[C@@H](COP(=O)([O-])OP(=O)(O)OP(=O)(O)O)O1.[Na+]. The molecule has 1 aliphatic heterocycles. The molecule has 4 atom stereocenters. The standard InChI is InChI=1S/C10H16N5O11P3.Na/c11-9-8-10(13-4-12-9)15(5-14-8)7-2-1-6(24-7)3-23-28(19,20)26-29(21,22)25-27(16,17)18;/h4-7H,1-3H2,(H,19,20)(H,21,22)(H2,11,12,13)(H2,16,17,18);/q;+1/p-1/t6-,7+;/m0./s1. The van der Waals surface area contributed by atoms with Gasteiger partial charge in [-0.15, -0.1) is 0 Å². The summed E-state index contributed by atoms with van der Waals surface area (Å²) < 4.78 is 52.3. The second-order valence-corrected chi connectivity index (χ2v) is 10.1. The molecule has 0 bridgehead atoms. The quantitative estimate of drug-likeness (QED) is 0.207. The number of nitrogen functional groups attached to an aromatic ring is 1. The molecular weight excluding hydrogens is 482 g/mol. The van der Waals surface area contributed by atoms with Crippen molar-refractivity contribution in [2.24, 2.45) is 0 Å². The fourth-order valence-corrected chi connectivity index (χ4v) is 5.58. The van der Waals surface area contributed by atoms with Crippen molar-refractivity contribution in [3.63, 3.8) is 0 Å². The van der Waals surface area contributed by atoms with Gasteiger partial charge in [0, 0.05) is 0 Å². The number of nitrogens with zero attached hydrogens (tertiary/aromatic N) is 4. The van der Waals surface area contributed by atoms with E-state index in [1.807, 2.05) is 0 Å². The smallest absolute Gasteiger partial charge is 0.756 e. The van der Waals surface area contributed by atoms with E-state index in [1.165, 1.54) is 12.7 Å². The first-order chi connectivity index (χ1) is 13.4. The molecular formula is C10H15N5NaO11P3. The molecule has 0 spiro atoms. The zero-order chi connectivity index (χ0) is 21.4. The molecule has 1 aliphatic rings. The van der Waals surface area contributed by atoms with E-state index in [0.717, 1.165) is 0 Å². The first-order valence-electron chi connectivity index (χ1n) is 7.70. The van der Waals surface area contributed by atoms with Crippen LogP contribution in [0.3, 0.4) is 0 Å². The first-order valence-corrected chi connectivity index (χ1v) is 12.2. The van der Waals surface area contributed by atoms with E-state index >= 15 is 0 Å². The van der Waals surface area contributed by atoms with Crippen LogP contribution >= 0.6 is 23.5 Å². The third-order valence-corrected chi connectivity index (χ3v) is 7.38. The van der Waals surface area contributed by atoms with Gasteiger partial charge in [0.2, 0.25) is 0 Å². The van der Waals surface area contributed by atoms with Crippen molar-refractivity contribution in [3.05, 3.63) is 12.7 Å². The van der Waals surface area contributed by atoms with Crippen molar-refractivity contribution in [1.29, 1.82) is 0 Å². The van der Waals surface area contributed by atoms with Gasteiger partial charge in [-0.3, -0.25) is 9.13 Å². The minimum atomic E-state index is -5.62. The predicted molar refractivity (Wildman–Crippen MR) is 90.5 cm³/mol. The van der Waals surface area contributed by atoms with E-state index in [9.17, 15) is 18.6 Å². The van der Waals surface area contributed by atoms with Crippen molar-refractivity contribution in [2.75, 3.05) is 12.3 Å². The Morgan fingerprint density at radius 2 is 1.90 bits per heavy atom. The average molecular weight is 497 g/mol. The Kier molecular flexibility index (Phi) is 8.39. The molecule has 3 heterocycles. The third kappa shape index (κ3) is 6.86. The molecule has 16 nitrogen and oxygen atoms in total. The van der Waals surface area contributed by atoms with Crippen molar-refractivity contribution < 1.29 is 80.7 Å². The minimum Gasteiger partial charge on any atom is -0.756 e. The molecule has 1 fully saturated rings. The molecule has 162 valence electrons. The number of anilines is 1. The number of hydrogen-bond acceptors (Lipinski definition) is 12. The second-order valence-electron chi connectivity index (χ2n) is 5.74. The van der Waals surface area contributed by atoms with Gasteiger partial charge in [-0.2, -0.15) is 4.31 Å². The molecule has 2 unspecified atom stereocenters. The van der Waals surface area contributed by atoms with Crippen LogP contribution in [-0.4, -0.2) is 46.9 Å². The van der Waals surface area contributed by atoms with Crippen molar-refractivity contribution >= 4 is 40.4 Å². The fraction of sp³-hybridized carbons (Fsp3) is 0.500. The maximum absolute atomic E-state index is 11.6. The van der Waals surface area contributed by atoms with Gasteiger partial charge in [0.05, 0.1) is 19.0 Å². The van der Waals surface area contributed by atoms with E-state index in [4.69, 9.17) is 25.2 Å². The van der Waals surface area contributed by atoms with Crippen molar-refractivity contribution in [2.45, 2.75) is 25.2 Å². The van der Waals surface area contributed by atoms with Gasteiger partial charge in [0.15, 0.2) is 11.5 Å². The van der Waals surface area contributed by atoms with Gasteiger partial charge >= 0.3 is 45.2 Å². The number of fused-ring (bicyclic) bond motifs is 1. The van der Waals surface area contributed by atoms with Crippen LogP contribution in [0.15, 0.2) is 12.7 Å². The van der Waals surface area contributed by atoms with Crippen LogP contribution in [0, 0.1) is 0 Å². The van der Waals surface area contributed by atoms with Crippen molar-refractivity contribution in [3.8, 4) is 0 Å². The van der Waals surface area contributed by atoms with Gasteiger partial charge in [-0.05, 0) is 12.8 Å². The van der Waals surface area contributed by atoms with Gasteiger partial charge in [0.1, 0.15) is 18.1 Å². The summed E-state index contributed by atoms with van der Waals surface area (Å²) in [5.74, 6) is 0.182. The maximum atomic E-state index is 11.6. The zero-order valence-electron chi connectivity index (χ0n) is 15.2. The molecule has 0 aromatic carbocycles. The molecule has 0 aliphatic carbocycles. The molecule has 30 heavy (non-hydrogen) atoms. The molecule has 0 radical (unpaired) electrons. The van der Waals surface area contributed by atoms with E-state index in [2.05, 4.69) is 28.1 Å². The summed E-state index contributed by atoms with van der Waals surface area (Å²) in [6, 6.07) is 0. The number of hydrogen-bond donors (Lipinski definition) is 4. The summed E-state index contributed by atoms with van der Waals surface area (Å²) in [7, 11) is -16.5. The Bertz CT molecular complexity index is 1050. The summed E-state index contributed by atoms with van der Waals surface area (Å²) in [6.07, 6.45) is 2.17. The van der Waals surface area contributed by atoms with Crippen LogP contribution in [-0.2, 0) is 31.6 Å². The Labute approximate surface area is 190 Å². The largest absolute Gasteiger partial charge is 1.00 e. The molecule has 20 heteroatoms. The molecule has 0 saturated carbocycles. The third-order valence-electron chi connectivity index (χ3n) is 3.61. The van der Waals surface area contributed by atoms with Gasteiger partial charge in [-0.1, -0.05) is 0 Å². The van der Waals surface area contributed by atoms with Crippen LogP contribution in [0.5, 0.6) is 0 Å². The Morgan fingerprint density at radius 3 is 2.57 bits per heavy atom. The summed E-state index contributed by atoms with van der Waals surface area (Å²) in [5, 5.41) is 0. The Balaban J connectivity index is 0.00000320. The van der Waals surface area contributed by atoms with E-state index in [0.29, 0.717) is 24.0 Å². The number of phosphoric acid groups is 3. The summed E-state index contributed by atoms with van der Waals surface area (Å²) in [5.41, 5.74) is 6.50. The van der Waals surface area contributed by atoms with E-state index < -0.39 is 42.4 Å². The van der Waals surface area contributed by atoms with Crippen LogP contribution < -0.4 is 40.2 Å².